The van der Waals surface area contributed by atoms with E-state index in [0.717, 1.165) is 66.1 Å². The average molecular weight is 666 g/mol. The molecule has 5 heterocycles. The topological polar surface area (TPSA) is 111 Å². The minimum absolute atomic E-state index is 0.00395. The summed E-state index contributed by atoms with van der Waals surface area (Å²) in [6.45, 7) is 14.1. The Labute approximate surface area is 288 Å². The van der Waals surface area contributed by atoms with Crippen molar-refractivity contribution < 1.29 is 23.7 Å². The van der Waals surface area contributed by atoms with Crippen LogP contribution in [-0.4, -0.2) is 64.7 Å². The van der Waals surface area contributed by atoms with Gasteiger partial charge in [-0.05, 0) is 103 Å². The molecule has 0 radical (unpaired) electrons. The van der Waals surface area contributed by atoms with Crippen LogP contribution in [0.3, 0.4) is 0 Å². The molecule has 0 amide bonds. The standard InChI is InChI=1S/C39H47N5O5/c1-25-11-8-9-20-47-39(6)16-18-43(19-17-39)36-34(35(37(45)46-7)49-38(3,4)5)26(2)41-33-23-31(42-44(33)36)29-13-10-12-28(22-29)30-21-27(24-40)14-15-32(30)48-25/h10,12-15,21-23,25,35H,8-9,11,16-20H2,1-7H3. The highest BCUT2D eigenvalue weighted by molar-refractivity contribution is 5.81. The normalized spacial score (nSPS) is 20.7. The summed E-state index contributed by atoms with van der Waals surface area (Å²) in [4.78, 5) is 20.7. The van der Waals surface area contributed by atoms with Crippen LogP contribution < -0.4 is 9.64 Å². The number of carbonyl (C=O) groups excluding carboxylic acids is 1. The number of nitrogens with zero attached hydrogens (tertiary/aromatic N) is 5. The number of hydrogen-bond donors (Lipinski definition) is 0. The second-order valence-electron chi connectivity index (χ2n) is 14.5. The summed E-state index contributed by atoms with van der Waals surface area (Å²) < 4.78 is 26.6. The lowest BCUT2D eigenvalue weighted by Crippen LogP contribution is -2.46. The van der Waals surface area contributed by atoms with Gasteiger partial charge in [-0.1, -0.05) is 18.2 Å². The van der Waals surface area contributed by atoms with E-state index in [2.05, 4.69) is 30.9 Å². The number of hydrogen-bond acceptors (Lipinski definition) is 9. The smallest absolute Gasteiger partial charge is 0.339 e. The van der Waals surface area contributed by atoms with Gasteiger partial charge < -0.3 is 23.8 Å². The highest BCUT2D eigenvalue weighted by atomic mass is 16.6. The third-order valence-electron chi connectivity index (χ3n) is 9.44. The lowest BCUT2D eigenvalue weighted by Gasteiger charge is -2.41. The molecule has 0 aliphatic carbocycles. The number of benzene rings is 2. The number of ether oxygens (including phenoxy) is 4. The van der Waals surface area contributed by atoms with Gasteiger partial charge in [0.05, 0.1) is 47.3 Å². The van der Waals surface area contributed by atoms with Crippen molar-refractivity contribution in [2.24, 2.45) is 0 Å². The predicted octanol–water partition coefficient (Wildman–Crippen LogP) is 7.60. The summed E-state index contributed by atoms with van der Waals surface area (Å²) in [5.41, 5.74) is 5.03. The third kappa shape index (κ3) is 7.43. The Hall–Kier alpha value is -4.46. The second-order valence-corrected chi connectivity index (χ2v) is 14.5. The molecule has 0 spiro atoms. The zero-order valence-corrected chi connectivity index (χ0v) is 29.7. The van der Waals surface area contributed by atoms with E-state index in [1.165, 1.54) is 7.11 Å². The summed E-state index contributed by atoms with van der Waals surface area (Å²) in [5, 5.41) is 14.9. The first-order valence-electron chi connectivity index (χ1n) is 17.2. The van der Waals surface area contributed by atoms with Crippen molar-refractivity contribution in [2.75, 3.05) is 31.7 Å². The number of carbonyl (C=O) groups is 1. The summed E-state index contributed by atoms with van der Waals surface area (Å²) in [6.07, 6.45) is 3.43. The number of aromatic nitrogens is 3. The van der Waals surface area contributed by atoms with Gasteiger partial charge in [-0.25, -0.2) is 9.78 Å². The SMILES string of the molecule is COC(=O)C(OC(C)(C)C)c1c(C)nc2cc3nn2c1N1CCC(C)(CC1)OCCCCC(C)Oc1ccc(C#N)cc1-c1cccc-3c1. The Morgan fingerprint density at radius 3 is 2.57 bits per heavy atom. The molecular formula is C39H47N5O5. The Morgan fingerprint density at radius 2 is 1.86 bits per heavy atom. The molecule has 1 fully saturated rings. The summed E-state index contributed by atoms with van der Waals surface area (Å²) in [6, 6.07) is 17.9. The molecule has 7 rings (SSSR count). The van der Waals surface area contributed by atoms with E-state index in [-0.39, 0.29) is 11.7 Å². The zero-order chi connectivity index (χ0) is 34.9. The summed E-state index contributed by atoms with van der Waals surface area (Å²) >= 11 is 0. The van der Waals surface area contributed by atoms with Crippen molar-refractivity contribution in [3.63, 3.8) is 0 Å². The van der Waals surface area contributed by atoms with Crippen LogP contribution in [-0.2, 0) is 19.0 Å². The van der Waals surface area contributed by atoms with Crippen LogP contribution in [0.25, 0.3) is 28.0 Å². The average Bonchev–Trinajstić information content (AvgIpc) is 3.50. The minimum atomic E-state index is -1.00. The van der Waals surface area contributed by atoms with Gasteiger partial charge in [-0.3, -0.25) is 0 Å². The summed E-state index contributed by atoms with van der Waals surface area (Å²) in [5.74, 6) is 1.02. The first kappa shape index (κ1) is 34.4. The number of nitriles is 1. The van der Waals surface area contributed by atoms with Gasteiger partial charge in [0.2, 0.25) is 0 Å². The highest BCUT2D eigenvalue weighted by Crippen LogP contribution is 2.40. The predicted molar refractivity (Wildman–Crippen MR) is 189 cm³/mol. The maximum Gasteiger partial charge on any atom is 0.339 e. The molecule has 3 aliphatic rings. The van der Waals surface area contributed by atoms with Crippen LogP contribution in [0.15, 0.2) is 48.5 Å². The van der Waals surface area contributed by atoms with Crippen LogP contribution in [0.5, 0.6) is 5.75 Å². The Kier molecular flexibility index (Phi) is 9.70. The maximum atomic E-state index is 13.4. The fourth-order valence-electron chi connectivity index (χ4n) is 6.79. The molecular weight excluding hydrogens is 618 g/mol. The van der Waals surface area contributed by atoms with Crippen LogP contribution in [0.1, 0.15) is 89.6 Å². The van der Waals surface area contributed by atoms with Crippen molar-refractivity contribution in [3.05, 3.63) is 65.4 Å². The van der Waals surface area contributed by atoms with E-state index >= 15 is 0 Å². The quantitative estimate of drug-likeness (QED) is 0.204. The van der Waals surface area contributed by atoms with E-state index in [1.807, 2.05) is 68.6 Å². The molecule has 2 aromatic heterocycles. The Balaban J connectivity index is 1.55. The molecule has 49 heavy (non-hydrogen) atoms. The Morgan fingerprint density at radius 1 is 1.10 bits per heavy atom. The van der Waals surface area contributed by atoms with Crippen LogP contribution in [0, 0.1) is 18.3 Å². The third-order valence-corrected chi connectivity index (χ3v) is 9.44. The first-order valence-corrected chi connectivity index (χ1v) is 17.2. The zero-order valence-electron chi connectivity index (χ0n) is 29.7. The molecule has 0 N–H and O–H groups in total. The Bertz CT molecular complexity index is 1880. The molecule has 258 valence electrons. The van der Waals surface area contributed by atoms with E-state index < -0.39 is 17.7 Å². The second kappa shape index (κ2) is 13.8. The number of rotatable bonds is 3. The van der Waals surface area contributed by atoms with Crippen molar-refractivity contribution in [1.82, 2.24) is 14.6 Å². The molecule has 4 aromatic rings. The van der Waals surface area contributed by atoms with Crippen molar-refractivity contribution in [3.8, 4) is 34.2 Å². The molecule has 2 atom stereocenters. The van der Waals surface area contributed by atoms with Gasteiger partial charge in [0.25, 0.3) is 0 Å². The van der Waals surface area contributed by atoms with Gasteiger partial charge >= 0.3 is 5.97 Å². The lowest BCUT2D eigenvalue weighted by molar-refractivity contribution is -0.164. The maximum absolute atomic E-state index is 13.4. The number of aryl methyl sites for hydroxylation is 1. The van der Waals surface area contributed by atoms with Gasteiger partial charge in [0, 0.05) is 42.6 Å². The number of anilines is 1. The van der Waals surface area contributed by atoms with Crippen molar-refractivity contribution >= 4 is 17.4 Å². The molecule has 6 bridgehead atoms. The van der Waals surface area contributed by atoms with Gasteiger partial charge in [-0.15, -0.1) is 0 Å². The molecule has 10 heteroatoms. The van der Waals surface area contributed by atoms with Gasteiger partial charge in [0.15, 0.2) is 11.8 Å². The van der Waals surface area contributed by atoms with Crippen LogP contribution in [0.4, 0.5) is 5.82 Å². The van der Waals surface area contributed by atoms with Crippen molar-refractivity contribution in [2.45, 2.75) is 97.1 Å². The van der Waals surface area contributed by atoms with E-state index in [1.54, 1.807) is 6.07 Å². The summed E-state index contributed by atoms with van der Waals surface area (Å²) in [7, 11) is 1.38. The fraction of sp³-hybridized carbons (Fsp3) is 0.487. The number of methoxy groups -OCH3 is 1. The van der Waals surface area contributed by atoms with E-state index in [9.17, 15) is 10.1 Å². The van der Waals surface area contributed by atoms with E-state index in [4.69, 9.17) is 29.0 Å². The molecule has 2 aromatic carbocycles. The monoisotopic (exact) mass is 665 g/mol. The van der Waals surface area contributed by atoms with Crippen LogP contribution in [0.2, 0.25) is 0 Å². The molecule has 0 saturated carbocycles. The molecule has 2 unspecified atom stereocenters. The fourth-order valence-corrected chi connectivity index (χ4v) is 6.79. The minimum Gasteiger partial charge on any atom is -0.490 e. The largest absolute Gasteiger partial charge is 0.490 e. The molecule has 10 nitrogen and oxygen atoms in total. The lowest BCUT2D eigenvalue weighted by atomic mass is 9.92. The number of fused-ring (bicyclic) bond motifs is 8. The molecule has 1 saturated heterocycles. The number of piperidine rings is 1. The van der Waals surface area contributed by atoms with Crippen molar-refractivity contribution in [1.29, 1.82) is 5.26 Å². The van der Waals surface area contributed by atoms with Crippen LogP contribution >= 0.6 is 0 Å². The molecule has 3 aliphatic heterocycles. The number of esters is 1. The van der Waals surface area contributed by atoms with Gasteiger partial charge in [-0.2, -0.15) is 14.9 Å². The van der Waals surface area contributed by atoms with Gasteiger partial charge in [0.1, 0.15) is 11.6 Å². The van der Waals surface area contributed by atoms with E-state index in [0.29, 0.717) is 42.2 Å². The first-order chi connectivity index (χ1) is 23.4. The highest BCUT2D eigenvalue weighted by Gasteiger charge is 2.38.